The molecule has 0 aliphatic heterocycles. The molecule has 0 bridgehead atoms. The number of hydrogen-bond acceptors (Lipinski definition) is 2. The van der Waals surface area contributed by atoms with E-state index in [2.05, 4.69) is 38.2 Å². The summed E-state index contributed by atoms with van der Waals surface area (Å²) in [6.07, 6.45) is -0.456. The maximum Gasteiger partial charge on any atom is 0.0914 e. The van der Waals surface area contributed by atoms with Crippen LogP contribution in [0, 0.1) is 20.8 Å². The zero-order valence-electron chi connectivity index (χ0n) is 12.5. The van der Waals surface area contributed by atoms with E-state index in [4.69, 9.17) is 0 Å². The highest BCUT2D eigenvalue weighted by atomic mass is 16.3. The molecule has 0 heterocycles. The quantitative estimate of drug-likeness (QED) is 0.871. The number of rotatable bonds is 5. The van der Waals surface area contributed by atoms with Gasteiger partial charge in [-0.25, -0.2) is 0 Å². The second-order valence-electron chi connectivity index (χ2n) is 5.43. The van der Waals surface area contributed by atoms with Crippen molar-refractivity contribution in [2.24, 2.45) is 0 Å². The molecule has 2 N–H and O–H groups in total. The van der Waals surface area contributed by atoms with Crippen molar-refractivity contribution < 1.29 is 5.11 Å². The monoisotopic (exact) mass is 269 g/mol. The molecule has 0 radical (unpaired) electrons. The summed E-state index contributed by atoms with van der Waals surface area (Å²) in [6.45, 7) is 7.77. The van der Waals surface area contributed by atoms with Gasteiger partial charge in [-0.15, -0.1) is 0 Å². The summed E-state index contributed by atoms with van der Waals surface area (Å²) in [5.41, 5.74) is 6.20. The van der Waals surface area contributed by atoms with Gasteiger partial charge in [0.05, 0.1) is 6.10 Å². The standard InChI is InChI=1S/C18H23NO/c1-13-9-14(2)17(15(3)10-13)11-19-12-18(20)16-7-5-4-6-8-16/h4-10,18-20H,11-12H2,1-3H3/t18-/m0/s1. The molecule has 0 saturated carbocycles. The number of aliphatic hydroxyl groups excluding tert-OH is 1. The summed E-state index contributed by atoms with van der Waals surface area (Å²) in [7, 11) is 0. The molecule has 106 valence electrons. The van der Waals surface area contributed by atoms with Crippen LogP contribution in [-0.2, 0) is 6.54 Å². The lowest BCUT2D eigenvalue weighted by atomic mass is 10.00. The van der Waals surface area contributed by atoms with Gasteiger partial charge in [0.25, 0.3) is 0 Å². The summed E-state index contributed by atoms with van der Waals surface area (Å²) in [4.78, 5) is 0. The van der Waals surface area contributed by atoms with E-state index < -0.39 is 6.10 Å². The molecule has 2 nitrogen and oxygen atoms in total. The van der Waals surface area contributed by atoms with E-state index >= 15 is 0 Å². The van der Waals surface area contributed by atoms with Gasteiger partial charge in [0.1, 0.15) is 0 Å². The maximum atomic E-state index is 10.1. The highest BCUT2D eigenvalue weighted by molar-refractivity contribution is 5.37. The van der Waals surface area contributed by atoms with E-state index in [1.54, 1.807) is 0 Å². The molecular weight excluding hydrogens is 246 g/mol. The molecule has 0 amide bonds. The third-order valence-electron chi connectivity index (χ3n) is 3.66. The van der Waals surface area contributed by atoms with Crippen LogP contribution >= 0.6 is 0 Å². The Labute approximate surface area is 121 Å². The summed E-state index contributed by atoms with van der Waals surface area (Å²) in [5.74, 6) is 0. The van der Waals surface area contributed by atoms with Crippen molar-refractivity contribution >= 4 is 0 Å². The Kier molecular flexibility index (Phi) is 4.94. The third-order valence-corrected chi connectivity index (χ3v) is 3.66. The molecule has 1 atom stereocenters. The van der Waals surface area contributed by atoms with E-state index in [0.29, 0.717) is 6.54 Å². The first-order valence-corrected chi connectivity index (χ1v) is 7.08. The topological polar surface area (TPSA) is 32.3 Å². The lowest BCUT2D eigenvalue weighted by molar-refractivity contribution is 0.174. The fourth-order valence-corrected chi connectivity index (χ4v) is 2.62. The molecule has 0 aliphatic carbocycles. The highest BCUT2D eigenvalue weighted by Crippen LogP contribution is 2.17. The van der Waals surface area contributed by atoms with Gasteiger partial charge in [0, 0.05) is 13.1 Å². The zero-order chi connectivity index (χ0) is 14.5. The Bertz CT molecular complexity index is 540. The molecule has 0 spiro atoms. The molecular formula is C18H23NO. The van der Waals surface area contributed by atoms with Crippen LogP contribution in [0.3, 0.4) is 0 Å². The number of aryl methyl sites for hydroxylation is 3. The number of aliphatic hydroxyl groups is 1. The van der Waals surface area contributed by atoms with Crippen molar-refractivity contribution in [1.29, 1.82) is 0 Å². The Hall–Kier alpha value is -1.64. The summed E-state index contributed by atoms with van der Waals surface area (Å²) >= 11 is 0. The molecule has 2 aromatic carbocycles. The van der Waals surface area contributed by atoms with Gasteiger partial charge in [-0.05, 0) is 43.0 Å². The second-order valence-corrected chi connectivity index (χ2v) is 5.43. The average Bonchev–Trinajstić information content (AvgIpc) is 2.42. The highest BCUT2D eigenvalue weighted by Gasteiger charge is 2.08. The first-order valence-electron chi connectivity index (χ1n) is 7.08. The van der Waals surface area contributed by atoms with Gasteiger partial charge >= 0.3 is 0 Å². The largest absolute Gasteiger partial charge is 0.387 e. The van der Waals surface area contributed by atoms with Crippen LogP contribution in [0.4, 0.5) is 0 Å². The molecule has 0 aromatic heterocycles. The normalized spacial score (nSPS) is 12.4. The van der Waals surface area contributed by atoms with Gasteiger partial charge in [0.15, 0.2) is 0 Å². The van der Waals surface area contributed by atoms with Gasteiger partial charge in [-0.2, -0.15) is 0 Å². The fraction of sp³-hybridized carbons (Fsp3) is 0.333. The maximum absolute atomic E-state index is 10.1. The van der Waals surface area contributed by atoms with Gasteiger partial charge in [0.2, 0.25) is 0 Å². The SMILES string of the molecule is Cc1cc(C)c(CNC[C@H](O)c2ccccc2)c(C)c1. The van der Waals surface area contributed by atoms with Crippen molar-refractivity contribution in [1.82, 2.24) is 5.32 Å². The van der Waals surface area contributed by atoms with Crippen LogP contribution in [-0.4, -0.2) is 11.7 Å². The Morgan fingerprint density at radius 1 is 1.00 bits per heavy atom. The van der Waals surface area contributed by atoms with Crippen LogP contribution in [0.5, 0.6) is 0 Å². The fourth-order valence-electron chi connectivity index (χ4n) is 2.62. The Morgan fingerprint density at radius 3 is 2.20 bits per heavy atom. The molecule has 2 heteroatoms. The molecule has 2 rings (SSSR count). The van der Waals surface area contributed by atoms with Gasteiger partial charge < -0.3 is 10.4 Å². The predicted octanol–water partition coefficient (Wildman–Crippen LogP) is 3.44. The van der Waals surface area contributed by atoms with Crippen molar-refractivity contribution in [3.63, 3.8) is 0 Å². The van der Waals surface area contributed by atoms with Crippen LogP contribution in [0.25, 0.3) is 0 Å². The van der Waals surface area contributed by atoms with E-state index in [1.165, 1.54) is 22.3 Å². The van der Waals surface area contributed by atoms with Crippen molar-refractivity contribution in [3.05, 3.63) is 70.3 Å². The summed E-state index contributed by atoms with van der Waals surface area (Å²) in [5, 5.41) is 13.5. The van der Waals surface area contributed by atoms with E-state index in [9.17, 15) is 5.11 Å². The average molecular weight is 269 g/mol. The lowest BCUT2D eigenvalue weighted by Gasteiger charge is -2.15. The Morgan fingerprint density at radius 2 is 1.60 bits per heavy atom. The molecule has 0 unspecified atom stereocenters. The first-order chi connectivity index (χ1) is 9.58. The van der Waals surface area contributed by atoms with Crippen LogP contribution in [0.1, 0.15) is 33.9 Å². The molecule has 0 fully saturated rings. The molecule has 0 saturated heterocycles. The Balaban J connectivity index is 1.94. The minimum absolute atomic E-state index is 0.456. The van der Waals surface area contributed by atoms with Crippen molar-refractivity contribution in [2.75, 3.05) is 6.54 Å². The number of benzene rings is 2. The smallest absolute Gasteiger partial charge is 0.0914 e. The van der Waals surface area contributed by atoms with Crippen LogP contribution < -0.4 is 5.32 Å². The van der Waals surface area contributed by atoms with Gasteiger partial charge in [-0.3, -0.25) is 0 Å². The zero-order valence-corrected chi connectivity index (χ0v) is 12.5. The first kappa shape index (κ1) is 14.8. The minimum Gasteiger partial charge on any atom is -0.387 e. The van der Waals surface area contributed by atoms with Crippen LogP contribution in [0.2, 0.25) is 0 Å². The van der Waals surface area contributed by atoms with E-state index in [-0.39, 0.29) is 0 Å². The predicted molar refractivity (Wildman–Crippen MR) is 83.8 cm³/mol. The van der Waals surface area contributed by atoms with Crippen molar-refractivity contribution in [2.45, 2.75) is 33.4 Å². The van der Waals surface area contributed by atoms with E-state index in [1.807, 2.05) is 30.3 Å². The number of nitrogens with one attached hydrogen (secondary N) is 1. The number of hydrogen-bond donors (Lipinski definition) is 2. The second kappa shape index (κ2) is 6.69. The van der Waals surface area contributed by atoms with Gasteiger partial charge in [-0.1, -0.05) is 48.0 Å². The molecule has 0 aliphatic rings. The minimum atomic E-state index is -0.456. The summed E-state index contributed by atoms with van der Waals surface area (Å²) in [6, 6.07) is 14.2. The lowest BCUT2D eigenvalue weighted by Crippen LogP contribution is -2.22. The summed E-state index contributed by atoms with van der Waals surface area (Å²) < 4.78 is 0. The van der Waals surface area contributed by atoms with Crippen LogP contribution in [0.15, 0.2) is 42.5 Å². The van der Waals surface area contributed by atoms with E-state index in [0.717, 1.165) is 12.1 Å². The van der Waals surface area contributed by atoms with Crippen molar-refractivity contribution in [3.8, 4) is 0 Å². The third kappa shape index (κ3) is 3.69. The molecule has 20 heavy (non-hydrogen) atoms. The molecule has 2 aromatic rings.